The van der Waals surface area contributed by atoms with E-state index in [0.29, 0.717) is 22.0 Å². The zero-order valence-electron chi connectivity index (χ0n) is 17.4. The van der Waals surface area contributed by atoms with Crippen molar-refractivity contribution in [2.45, 2.75) is 33.1 Å². The molecule has 3 aromatic rings. The smallest absolute Gasteiger partial charge is 0.282 e. The Balaban J connectivity index is 1.70. The number of hydrogen-bond donors (Lipinski definition) is 1. The molecule has 6 heteroatoms. The Labute approximate surface area is 191 Å². The number of rotatable bonds is 7. The van der Waals surface area contributed by atoms with Gasteiger partial charge >= 0.3 is 0 Å². The van der Waals surface area contributed by atoms with Crippen LogP contribution in [-0.4, -0.2) is 11.8 Å². The number of unbranched alkanes of at least 4 members (excludes halogenated alkanes) is 1. The van der Waals surface area contributed by atoms with Gasteiger partial charge < -0.3 is 5.32 Å². The van der Waals surface area contributed by atoms with Crippen molar-refractivity contribution in [2.75, 3.05) is 10.2 Å². The van der Waals surface area contributed by atoms with Gasteiger partial charge in [0.2, 0.25) is 0 Å². The van der Waals surface area contributed by atoms with E-state index in [1.165, 1.54) is 21.8 Å². The Kier molecular flexibility index (Phi) is 6.25. The molecule has 2 amide bonds. The first-order chi connectivity index (χ1) is 15.0. The SMILES string of the molecule is CCCCc1ccc(N2C(=O)C(Nc3ccc(C)c(Cl)c3)=C(c3cccs3)C2=O)cc1. The van der Waals surface area contributed by atoms with Crippen LogP contribution in [0.5, 0.6) is 0 Å². The highest BCUT2D eigenvalue weighted by Gasteiger charge is 2.40. The number of carbonyl (C=O) groups is 2. The molecule has 158 valence electrons. The van der Waals surface area contributed by atoms with Crippen LogP contribution in [0.3, 0.4) is 0 Å². The summed E-state index contributed by atoms with van der Waals surface area (Å²) in [7, 11) is 0. The van der Waals surface area contributed by atoms with Gasteiger partial charge in [-0.3, -0.25) is 9.59 Å². The van der Waals surface area contributed by atoms with Crippen molar-refractivity contribution >= 4 is 51.7 Å². The fourth-order valence-corrected chi connectivity index (χ4v) is 4.49. The second-order valence-corrected chi connectivity index (χ2v) is 8.89. The van der Waals surface area contributed by atoms with E-state index >= 15 is 0 Å². The zero-order chi connectivity index (χ0) is 22.0. The minimum atomic E-state index is -0.369. The third-order valence-corrected chi connectivity index (χ3v) is 6.60. The average Bonchev–Trinajstić information content (AvgIpc) is 3.37. The summed E-state index contributed by atoms with van der Waals surface area (Å²) in [6.07, 6.45) is 3.22. The van der Waals surface area contributed by atoms with Gasteiger partial charge in [0, 0.05) is 15.6 Å². The lowest BCUT2D eigenvalue weighted by Gasteiger charge is -2.16. The van der Waals surface area contributed by atoms with Crippen molar-refractivity contribution in [1.82, 2.24) is 0 Å². The molecule has 0 spiro atoms. The van der Waals surface area contributed by atoms with Crippen molar-refractivity contribution in [3.05, 3.63) is 86.7 Å². The highest BCUT2D eigenvalue weighted by molar-refractivity contribution is 7.11. The lowest BCUT2D eigenvalue weighted by atomic mass is 10.1. The molecule has 1 aromatic heterocycles. The Morgan fingerprint density at radius 2 is 1.81 bits per heavy atom. The lowest BCUT2D eigenvalue weighted by Crippen LogP contribution is -2.32. The normalized spacial score (nSPS) is 14.0. The van der Waals surface area contributed by atoms with Crippen molar-refractivity contribution in [3.63, 3.8) is 0 Å². The maximum atomic E-state index is 13.4. The summed E-state index contributed by atoms with van der Waals surface area (Å²) in [6, 6.07) is 16.9. The summed E-state index contributed by atoms with van der Waals surface area (Å²) in [6.45, 7) is 4.07. The van der Waals surface area contributed by atoms with Gasteiger partial charge in [-0.1, -0.05) is 49.2 Å². The molecule has 31 heavy (non-hydrogen) atoms. The number of aryl methyl sites for hydroxylation is 2. The van der Waals surface area contributed by atoms with Crippen LogP contribution in [0.25, 0.3) is 5.57 Å². The zero-order valence-corrected chi connectivity index (χ0v) is 19.0. The van der Waals surface area contributed by atoms with Gasteiger partial charge in [-0.25, -0.2) is 4.90 Å². The maximum Gasteiger partial charge on any atom is 0.282 e. The number of carbonyl (C=O) groups excluding carboxylic acids is 2. The van der Waals surface area contributed by atoms with Crippen LogP contribution in [0.1, 0.15) is 35.8 Å². The third-order valence-electron chi connectivity index (χ3n) is 5.31. The largest absolute Gasteiger partial charge is 0.350 e. The van der Waals surface area contributed by atoms with Crippen molar-refractivity contribution < 1.29 is 9.59 Å². The van der Waals surface area contributed by atoms with Crippen LogP contribution in [0.4, 0.5) is 11.4 Å². The first-order valence-electron chi connectivity index (χ1n) is 10.3. The van der Waals surface area contributed by atoms with E-state index in [1.807, 2.05) is 60.8 Å². The number of benzene rings is 2. The van der Waals surface area contributed by atoms with Gasteiger partial charge in [0.1, 0.15) is 5.70 Å². The molecule has 1 N–H and O–H groups in total. The number of anilines is 2. The van der Waals surface area contributed by atoms with Crippen LogP contribution in [0.2, 0.25) is 5.02 Å². The highest BCUT2D eigenvalue weighted by atomic mass is 35.5. The summed E-state index contributed by atoms with van der Waals surface area (Å²) in [5.74, 6) is -0.694. The summed E-state index contributed by atoms with van der Waals surface area (Å²) < 4.78 is 0. The number of hydrogen-bond acceptors (Lipinski definition) is 4. The molecular formula is C25H23ClN2O2S. The van der Waals surface area contributed by atoms with E-state index in [-0.39, 0.29) is 17.5 Å². The van der Waals surface area contributed by atoms with E-state index in [1.54, 1.807) is 6.07 Å². The first-order valence-corrected chi connectivity index (χ1v) is 11.5. The molecule has 1 aliphatic heterocycles. The van der Waals surface area contributed by atoms with E-state index in [4.69, 9.17) is 11.6 Å². The van der Waals surface area contributed by atoms with E-state index in [9.17, 15) is 9.59 Å². The summed E-state index contributed by atoms with van der Waals surface area (Å²) in [4.78, 5) is 28.8. The molecule has 0 saturated heterocycles. The summed E-state index contributed by atoms with van der Waals surface area (Å²) >= 11 is 7.69. The lowest BCUT2D eigenvalue weighted by molar-refractivity contribution is -0.120. The molecule has 0 saturated carbocycles. The monoisotopic (exact) mass is 450 g/mol. The average molecular weight is 451 g/mol. The standard InChI is InChI=1S/C25H23ClN2O2S/c1-3-4-6-17-9-12-19(13-10-17)28-24(29)22(21-7-5-14-31-21)23(25(28)30)27-18-11-8-16(2)20(26)15-18/h5,7-15,27H,3-4,6H2,1-2H3. The van der Waals surface area contributed by atoms with Crippen LogP contribution in [0, 0.1) is 6.92 Å². The highest BCUT2D eigenvalue weighted by Crippen LogP contribution is 2.36. The van der Waals surface area contributed by atoms with E-state index in [2.05, 4.69) is 12.2 Å². The fraction of sp³-hybridized carbons (Fsp3) is 0.200. The number of halogens is 1. The number of thiophene rings is 1. The Hall–Kier alpha value is -2.89. The van der Waals surface area contributed by atoms with Gasteiger partial charge in [0.15, 0.2) is 0 Å². The quantitative estimate of drug-likeness (QED) is 0.421. The third kappa shape index (κ3) is 4.29. The number of imide groups is 1. The number of nitrogens with zero attached hydrogens (tertiary/aromatic N) is 1. The summed E-state index contributed by atoms with van der Waals surface area (Å²) in [5.41, 5.74) is 4.02. The van der Waals surface area contributed by atoms with Crippen LogP contribution in [0.15, 0.2) is 65.7 Å². The molecule has 0 radical (unpaired) electrons. The number of nitrogens with one attached hydrogen (secondary N) is 1. The molecule has 0 atom stereocenters. The van der Waals surface area contributed by atoms with Crippen molar-refractivity contribution in [2.24, 2.45) is 0 Å². The second kappa shape index (κ2) is 9.08. The maximum absolute atomic E-state index is 13.4. The molecule has 2 heterocycles. The molecule has 4 rings (SSSR count). The van der Waals surface area contributed by atoms with Crippen molar-refractivity contribution in [1.29, 1.82) is 0 Å². The molecule has 0 fully saturated rings. The molecule has 0 unspecified atom stereocenters. The van der Waals surface area contributed by atoms with Crippen LogP contribution in [-0.2, 0) is 16.0 Å². The second-order valence-electron chi connectivity index (χ2n) is 7.53. The van der Waals surface area contributed by atoms with Crippen LogP contribution >= 0.6 is 22.9 Å². The minimum absolute atomic E-state index is 0.266. The van der Waals surface area contributed by atoms with Gasteiger partial charge in [0.25, 0.3) is 11.8 Å². The number of amides is 2. The molecular weight excluding hydrogens is 428 g/mol. The Morgan fingerprint density at radius 1 is 1.03 bits per heavy atom. The fourth-order valence-electron chi connectivity index (χ4n) is 3.54. The minimum Gasteiger partial charge on any atom is -0.350 e. The van der Waals surface area contributed by atoms with Gasteiger partial charge in [-0.05, 0) is 66.6 Å². The van der Waals surface area contributed by atoms with Gasteiger partial charge in [-0.15, -0.1) is 11.3 Å². The van der Waals surface area contributed by atoms with Gasteiger partial charge in [0.05, 0.1) is 11.3 Å². The van der Waals surface area contributed by atoms with Gasteiger partial charge in [-0.2, -0.15) is 0 Å². The Morgan fingerprint density at radius 3 is 2.45 bits per heavy atom. The Bertz CT molecular complexity index is 1150. The molecule has 4 nitrogen and oxygen atoms in total. The molecule has 0 bridgehead atoms. The van der Waals surface area contributed by atoms with E-state index < -0.39 is 0 Å². The predicted octanol–water partition coefficient (Wildman–Crippen LogP) is 6.45. The topological polar surface area (TPSA) is 49.4 Å². The molecule has 0 aliphatic carbocycles. The van der Waals surface area contributed by atoms with Crippen LogP contribution < -0.4 is 10.2 Å². The van der Waals surface area contributed by atoms with Crippen molar-refractivity contribution in [3.8, 4) is 0 Å². The molecule has 2 aromatic carbocycles. The van der Waals surface area contributed by atoms with E-state index in [0.717, 1.165) is 29.7 Å². The molecule has 1 aliphatic rings. The first kappa shape index (κ1) is 21.3. The predicted molar refractivity (Wildman–Crippen MR) is 129 cm³/mol. The summed E-state index contributed by atoms with van der Waals surface area (Å²) in [5, 5.41) is 5.65.